The summed E-state index contributed by atoms with van der Waals surface area (Å²) in [5, 5.41) is 4.01. The van der Waals surface area contributed by atoms with Crippen molar-refractivity contribution in [1.82, 2.24) is 9.88 Å². The summed E-state index contributed by atoms with van der Waals surface area (Å²) in [5.74, 6) is 0.199. The molecule has 2 rings (SSSR count). The minimum Gasteiger partial charge on any atom is -0.399 e. The number of carbonyl (C=O) groups excluding carboxylic acids is 1. The summed E-state index contributed by atoms with van der Waals surface area (Å²) in [6.45, 7) is 1.36. The highest BCUT2D eigenvalue weighted by atomic mass is 16.6. The topological polar surface area (TPSA) is 54.8 Å². The zero-order valence-electron chi connectivity index (χ0n) is 10.5. The van der Waals surface area contributed by atoms with Crippen molar-refractivity contribution < 1.29 is 9.63 Å². The molecule has 1 aromatic heterocycles. The number of carbonyl (C=O) groups is 1. The van der Waals surface area contributed by atoms with E-state index in [4.69, 9.17) is 4.84 Å². The lowest BCUT2D eigenvalue weighted by Crippen LogP contribution is -2.31. The van der Waals surface area contributed by atoms with Crippen LogP contribution in [0.15, 0.2) is 29.7 Å². The molecule has 0 aromatic carbocycles. The molecule has 0 bridgehead atoms. The maximum absolute atomic E-state index is 11.6. The number of hydrogen-bond acceptors (Lipinski definition) is 4. The summed E-state index contributed by atoms with van der Waals surface area (Å²) in [6.07, 6.45) is 5.78. The second kappa shape index (κ2) is 6.14. The SMILES string of the molecule is CO/N=C(\Cc1cccnc1)CN1CCCC1=O. The highest BCUT2D eigenvalue weighted by Crippen LogP contribution is 2.10. The van der Waals surface area contributed by atoms with Crippen LogP contribution in [-0.4, -0.2) is 41.7 Å². The molecule has 0 N–H and O–H groups in total. The van der Waals surface area contributed by atoms with Crippen LogP contribution in [0.3, 0.4) is 0 Å². The van der Waals surface area contributed by atoms with E-state index in [0.29, 0.717) is 19.4 Å². The first-order chi connectivity index (χ1) is 8.79. The van der Waals surface area contributed by atoms with E-state index in [9.17, 15) is 4.79 Å². The highest BCUT2D eigenvalue weighted by molar-refractivity contribution is 5.91. The molecule has 0 saturated carbocycles. The number of rotatable bonds is 5. The molecule has 18 heavy (non-hydrogen) atoms. The molecule has 96 valence electrons. The minimum absolute atomic E-state index is 0.199. The van der Waals surface area contributed by atoms with Crippen LogP contribution in [0.5, 0.6) is 0 Å². The van der Waals surface area contributed by atoms with E-state index in [1.54, 1.807) is 12.4 Å². The van der Waals surface area contributed by atoms with Gasteiger partial charge in [-0.25, -0.2) is 0 Å². The Morgan fingerprint density at radius 2 is 2.50 bits per heavy atom. The van der Waals surface area contributed by atoms with Gasteiger partial charge in [-0.2, -0.15) is 0 Å². The second-order valence-corrected chi connectivity index (χ2v) is 4.30. The number of amides is 1. The third-order valence-electron chi connectivity index (χ3n) is 2.90. The van der Waals surface area contributed by atoms with Crippen LogP contribution in [0.1, 0.15) is 18.4 Å². The molecule has 1 fully saturated rings. The van der Waals surface area contributed by atoms with Gasteiger partial charge >= 0.3 is 0 Å². The standard InChI is InChI=1S/C13H17N3O2/c1-18-15-12(8-11-4-2-6-14-9-11)10-16-7-3-5-13(16)17/h2,4,6,9H,3,5,7-8,10H2,1H3/b15-12+. The number of hydrogen-bond donors (Lipinski definition) is 0. The fourth-order valence-corrected chi connectivity index (χ4v) is 2.08. The van der Waals surface area contributed by atoms with Gasteiger partial charge in [-0.1, -0.05) is 11.2 Å². The van der Waals surface area contributed by atoms with Gasteiger partial charge in [-0.15, -0.1) is 0 Å². The summed E-state index contributed by atoms with van der Waals surface area (Å²) in [7, 11) is 1.52. The Kier molecular flexibility index (Phi) is 4.28. The quantitative estimate of drug-likeness (QED) is 0.581. The van der Waals surface area contributed by atoms with E-state index in [1.165, 1.54) is 7.11 Å². The average molecular weight is 247 g/mol. The van der Waals surface area contributed by atoms with E-state index in [2.05, 4.69) is 10.1 Å². The Morgan fingerprint density at radius 3 is 3.11 bits per heavy atom. The predicted molar refractivity (Wildman–Crippen MR) is 68.2 cm³/mol. The van der Waals surface area contributed by atoms with Gasteiger partial charge in [-0.3, -0.25) is 9.78 Å². The van der Waals surface area contributed by atoms with Crippen molar-refractivity contribution in [3.63, 3.8) is 0 Å². The van der Waals surface area contributed by atoms with Crippen LogP contribution < -0.4 is 0 Å². The fraction of sp³-hybridized carbons (Fsp3) is 0.462. The smallest absolute Gasteiger partial charge is 0.222 e. The van der Waals surface area contributed by atoms with Crippen molar-refractivity contribution in [2.45, 2.75) is 19.3 Å². The van der Waals surface area contributed by atoms with Crippen LogP contribution in [0.2, 0.25) is 0 Å². The molecule has 1 saturated heterocycles. The van der Waals surface area contributed by atoms with Gasteiger partial charge in [0.2, 0.25) is 5.91 Å². The minimum atomic E-state index is 0.199. The van der Waals surface area contributed by atoms with Crippen molar-refractivity contribution >= 4 is 11.6 Å². The fourth-order valence-electron chi connectivity index (χ4n) is 2.08. The van der Waals surface area contributed by atoms with Crippen LogP contribution >= 0.6 is 0 Å². The first-order valence-corrected chi connectivity index (χ1v) is 6.05. The number of pyridine rings is 1. The first-order valence-electron chi connectivity index (χ1n) is 6.05. The van der Waals surface area contributed by atoms with E-state index in [-0.39, 0.29) is 5.91 Å². The lowest BCUT2D eigenvalue weighted by molar-refractivity contribution is -0.127. The van der Waals surface area contributed by atoms with Crippen LogP contribution in [0.25, 0.3) is 0 Å². The third kappa shape index (κ3) is 3.29. The van der Waals surface area contributed by atoms with Gasteiger partial charge < -0.3 is 9.74 Å². The zero-order valence-corrected chi connectivity index (χ0v) is 10.5. The Morgan fingerprint density at radius 1 is 1.61 bits per heavy atom. The molecule has 5 heteroatoms. The molecule has 1 amide bonds. The van der Waals surface area contributed by atoms with E-state index < -0.39 is 0 Å². The highest BCUT2D eigenvalue weighted by Gasteiger charge is 2.21. The Hall–Kier alpha value is -1.91. The predicted octanol–water partition coefficient (Wildman–Crippen LogP) is 1.25. The molecule has 2 heterocycles. The summed E-state index contributed by atoms with van der Waals surface area (Å²) >= 11 is 0. The normalized spacial score (nSPS) is 16.2. The maximum Gasteiger partial charge on any atom is 0.222 e. The number of nitrogens with zero attached hydrogens (tertiary/aromatic N) is 3. The first kappa shape index (κ1) is 12.5. The summed E-state index contributed by atoms with van der Waals surface area (Å²) < 4.78 is 0. The molecule has 0 unspecified atom stereocenters. The van der Waals surface area contributed by atoms with Crippen molar-refractivity contribution in [2.75, 3.05) is 20.2 Å². The number of oxime groups is 1. The van der Waals surface area contributed by atoms with Gasteiger partial charge in [0.25, 0.3) is 0 Å². The third-order valence-corrected chi connectivity index (χ3v) is 2.90. The lowest BCUT2D eigenvalue weighted by atomic mass is 10.1. The molecule has 0 atom stereocenters. The van der Waals surface area contributed by atoms with Crippen molar-refractivity contribution in [3.8, 4) is 0 Å². The molecule has 1 aliphatic heterocycles. The van der Waals surface area contributed by atoms with E-state index in [1.807, 2.05) is 17.0 Å². The molecule has 0 spiro atoms. The van der Waals surface area contributed by atoms with Gasteiger partial charge in [0.05, 0.1) is 12.3 Å². The van der Waals surface area contributed by atoms with Crippen LogP contribution in [0.4, 0.5) is 0 Å². The average Bonchev–Trinajstić information content (AvgIpc) is 2.77. The number of likely N-dealkylation sites (tertiary alicyclic amines) is 1. The molecule has 0 radical (unpaired) electrons. The summed E-state index contributed by atoms with van der Waals surface area (Å²) in [6, 6.07) is 3.88. The molecular formula is C13H17N3O2. The van der Waals surface area contributed by atoms with Crippen LogP contribution in [-0.2, 0) is 16.1 Å². The van der Waals surface area contributed by atoms with Crippen molar-refractivity contribution in [2.24, 2.45) is 5.16 Å². The monoisotopic (exact) mass is 247 g/mol. The van der Waals surface area contributed by atoms with Gasteiger partial charge in [0, 0.05) is 31.8 Å². The Bertz CT molecular complexity index is 431. The Labute approximate surface area is 106 Å². The molecule has 5 nitrogen and oxygen atoms in total. The zero-order chi connectivity index (χ0) is 12.8. The van der Waals surface area contributed by atoms with Crippen molar-refractivity contribution in [1.29, 1.82) is 0 Å². The second-order valence-electron chi connectivity index (χ2n) is 4.30. The largest absolute Gasteiger partial charge is 0.399 e. The van der Waals surface area contributed by atoms with Gasteiger partial charge in [-0.05, 0) is 18.1 Å². The van der Waals surface area contributed by atoms with E-state index >= 15 is 0 Å². The molecule has 1 aromatic rings. The number of aromatic nitrogens is 1. The summed E-state index contributed by atoms with van der Waals surface area (Å²) in [4.78, 5) is 22.3. The van der Waals surface area contributed by atoms with Gasteiger partial charge in [0.15, 0.2) is 0 Å². The molecular weight excluding hydrogens is 230 g/mol. The maximum atomic E-state index is 11.6. The molecule has 1 aliphatic rings. The summed E-state index contributed by atoms with van der Waals surface area (Å²) in [5.41, 5.74) is 1.92. The van der Waals surface area contributed by atoms with Crippen molar-refractivity contribution in [3.05, 3.63) is 30.1 Å². The Balaban J connectivity index is 2.00. The van der Waals surface area contributed by atoms with E-state index in [0.717, 1.165) is 24.2 Å². The molecule has 0 aliphatic carbocycles. The van der Waals surface area contributed by atoms with Crippen LogP contribution in [0, 0.1) is 0 Å². The van der Waals surface area contributed by atoms with Gasteiger partial charge in [0.1, 0.15) is 7.11 Å². The lowest BCUT2D eigenvalue weighted by Gasteiger charge is -2.16.